The Balaban J connectivity index is 1.34. The molecule has 1 amide bonds. The van der Waals surface area contributed by atoms with Crippen LogP contribution in [0.5, 0.6) is 0 Å². The predicted molar refractivity (Wildman–Crippen MR) is 160 cm³/mol. The number of hydrogen-bond donors (Lipinski definition) is 2. The number of hydrogen-bond acceptors (Lipinski definition) is 6. The molecule has 1 atom stereocenters. The largest absolute Gasteiger partial charge is 0.340 e. The van der Waals surface area contributed by atoms with E-state index in [1.807, 2.05) is 17.3 Å². The molecule has 4 aromatic rings. The SMILES string of the molecule is NCCCCN(Cc1nccc2c3ccccc3n(CCCN3CCNCC3=O)c12)C1CCCc2cccnc21. The van der Waals surface area contributed by atoms with Crippen LogP contribution < -0.4 is 11.1 Å². The number of unbranched alkanes of at least 4 members (excludes halogenated alkanes) is 1. The highest BCUT2D eigenvalue weighted by molar-refractivity contribution is 6.08. The Morgan fingerprint density at radius 3 is 2.83 bits per heavy atom. The number of fused-ring (bicyclic) bond motifs is 4. The first kappa shape index (κ1) is 26.9. The number of nitrogens with two attached hydrogens (primary N) is 1. The lowest BCUT2D eigenvalue weighted by Gasteiger charge is -2.35. The van der Waals surface area contributed by atoms with E-state index < -0.39 is 0 Å². The monoisotopic (exact) mass is 539 g/mol. The molecule has 40 heavy (non-hydrogen) atoms. The van der Waals surface area contributed by atoms with Gasteiger partial charge >= 0.3 is 0 Å². The lowest BCUT2D eigenvalue weighted by Crippen LogP contribution is -2.48. The molecule has 1 saturated heterocycles. The van der Waals surface area contributed by atoms with Gasteiger partial charge in [0.2, 0.25) is 5.91 Å². The number of rotatable bonds is 11. The first-order chi connectivity index (χ1) is 19.7. The third-order valence-corrected chi connectivity index (χ3v) is 8.61. The Hall–Kier alpha value is -3.33. The number of benzene rings is 1. The standard InChI is InChI=1S/C32H41N7O/c33-14-3-4-18-38(29-12-5-8-24-9-6-15-36-31(24)29)23-27-32-26(13-16-35-27)25-10-1-2-11-28(25)39(32)20-7-19-37-21-17-34-22-30(37)40/h1-2,6,9-11,13,15-16,29,34H,3-5,7-8,12,14,17-23,33H2. The van der Waals surface area contributed by atoms with Gasteiger partial charge in [0.1, 0.15) is 0 Å². The molecule has 8 heteroatoms. The van der Waals surface area contributed by atoms with E-state index in [0.717, 1.165) is 77.1 Å². The van der Waals surface area contributed by atoms with Crippen molar-refractivity contribution in [1.82, 2.24) is 29.7 Å². The van der Waals surface area contributed by atoms with Crippen LogP contribution in [-0.2, 0) is 24.3 Å². The molecule has 1 aliphatic carbocycles. The lowest BCUT2D eigenvalue weighted by molar-refractivity contribution is -0.131. The minimum Gasteiger partial charge on any atom is -0.340 e. The van der Waals surface area contributed by atoms with E-state index in [0.29, 0.717) is 13.1 Å². The summed E-state index contributed by atoms with van der Waals surface area (Å²) in [5.41, 5.74) is 12.1. The molecule has 0 radical (unpaired) electrons. The summed E-state index contributed by atoms with van der Waals surface area (Å²) < 4.78 is 2.45. The van der Waals surface area contributed by atoms with E-state index in [2.05, 4.69) is 57.2 Å². The summed E-state index contributed by atoms with van der Waals surface area (Å²) in [6, 6.07) is 15.4. The zero-order valence-corrected chi connectivity index (χ0v) is 23.4. The number of pyridine rings is 2. The molecule has 3 N–H and O–H groups in total. The Morgan fingerprint density at radius 2 is 1.93 bits per heavy atom. The fourth-order valence-corrected chi connectivity index (χ4v) is 6.66. The summed E-state index contributed by atoms with van der Waals surface area (Å²) in [4.78, 5) is 26.8. The van der Waals surface area contributed by atoms with E-state index in [-0.39, 0.29) is 11.9 Å². The molecule has 4 heterocycles. The first-order valence-corrected chi connectivity index (χ1v) is 15.0. The van der Waals surface area contributed by atoms with Crippen LogP contribution in [0.25, 0.3) is 21.8 Å². The van der Waals surface area contributed by atoms with Crippen LogP contribution in [0, 0.1) is 0 Å². The number of aromatic nitrogens is 3. The second-order valence-corrected chi connectivity index (χ2v) is 11.2. The van der Waals surface area contributed by atoms with Gasteiger partial charge in [-0.15, -0.1) is 0 Å². The molecule has 0 saturated carbocycles. The third-order valence-electron chi connectivity index (χ3n) is 8.61. The molecular formula is C32H41N7O. The number of amides is 1. The smallest absolute Gasteiger partial charge is 0.236 e. The number of carbonyl (C=O) groups excluding carboxylic acids is 1. The maximum atomic E-state index is 12.4. The molecule has 2 aliphatic rings. The first-order valence-electron chi connectivity index (χ1n) is 15.0. The molecule has 210 valence electrons. The predicted octanol–water partition coefficient (Wildman–Crippen LogP) is 4.02. The van der Waals surface area contributed by atoms with Crippen molar-refractivity contribution in [2.45, 2.75) is 57.7 Å². The third kappa shape index (κ3) is 5.48. The number of aryl methyl sites for hydroxylation is 2. The van der Waals surface area contributed by atoms with Crippen LogP contribution in [0.15, 0.2) is 54.9 Å². The van der Waals surface area contributed by atoms with Gasteiger partial charge < -0.3 is 20.5 Å². The van der Waals surface area contributed by atoms with Crippen molar-refractivity contribution in [1.29, 1.82) is 0 Å². The molecule has 1 unspecified atom stereocenters. The Labute approximate surface area is 236 Å². The highest BCUT2D eigenvalue weighted by Gasteiger charge is 2.28. The van der Waals surface area contributed by atoms with Gasteiger partial charge in [0, 0.05) is 61.4 Å². The minimum absolute atomic E-state index is 0.199. The van der Waals surface area contributed by atoms with Gasteiger partial charge in [-0.3, -0.25) is 19.7 Å². The van der Waals surface area contributed by atoms with E-state index in [1.165, 1.54) is 39.5 Å². The zero-order valence-electron chi connectivity index (χ0n) is 23.4. The Bertz CT molecular complexity index is 1460. The summed E-state index contributed by atoms with van der Waals surface area (Å²) in [5, 5.41) is 5.69. The van der Waals surface area contributed by atoms with Crippen LogP contribution in [0.4, 0.5) is 0 Å². The maximum Gasteiger partial charge on any atom is 0.236 e. The normalized spacial score (nSPS) is 17.7. The summed E-state index contributed by atoms with van der Waals surface area (Å²) >= 11 is 0. The molecule has 1 aliphatic heterocycles. The van der Waals surface area contributed by atoms with Crippen LogP contribution in [0.2, 0.25) is 0 Å². The molecule has 8 nitrogen and oxygen atoms in total. The van der Waals surface area contributed by atoms with E-state index in [1.54, 1.807) is 0 Å². The van der Waals surface area contributed by atoms with Crippen LogP contribution in [-0.4, -0.2) is 69.5 Å². The van der Waals surface area contributed by atoms with Crippen molar-refractivity contribution >= 4 is 27.7 Å². The number of piperazine rings is 1. The van der Waals surface area contributed by atoms with Crippen LogP contribution in [0.1, 0.15) is 55.1 Å². The summed E-state index contributed by atoms with van der Waals surface area (Å²) in [7, 11) is 0. The number of nitrogens with zero attached hydrogens (tertiary/aromatic N) is 5. The van der Waals surface area contributed by atoms with Crippen molar-refractivity contribution < 1.29 is 4.79 Å². The van der Waals surface area contributed by atoms with Gasteiger partial charge in [0.25, 0.3) is 0 Å². The second-order valence-electron chi connectivity index (χ2n) is 11.2. The average Bonchev–Trinajstić information content (AvgIpc) is 3.32. The summed E-state index contributed by atoms with van der Waals surface area (Å²) in [6.45, 7) is 6.19. The molecule has 1 aromatic carbocycles. The van der Waals surface area contributed by atoms with E-state index in [9.17, 15) is 4.79 Å². The van der Waals surface area contributed by atoms with Gasteiger partial charge in [0.05, 0.1) is 29.5 Å². The van der Waals surface area contributed by atoms with Gasteiger partial charge in [0.15, 0.2) is 0 Å². The maximum absolute atomic E-state index is 12.4. The molecule has 6 rings (SSSR count). The second kappa shape index (κ2) is 12.5. The minimum atomic E-state index is 0.199. The quantitative estimate of drug-likeness (QED) is 0.280. The van der Waals surface area contributed by atoms with Gasteiger partial charge in [-0.25, -0.2) is 0 Å². The highest BCUT2D eigenvalue weighted by Crippen LogP contribution is 2.36. The van der Waals surface area contributed by atoms with E-state index >= 15 is 0 Å². The lowest BCUT2D eigenvalue weighted by atomic mass is 9.90. The van der Waals surface area contributed by atoms with Crippen molar-refractivity contribution in [2.75, 3.05) is 39.3 Å². The molecule has 1 fully saturated rings. The van der Waals surface area contributed by atoms with Gasteiger partial charge in [-0.1, -0.05) is 24.3 Å². The number of carbonyl (C=O) groups is 1. The average molecular weight is 540 g/mol. The summed E-state index contributed by atoms with van der Waals surface area (Å²) in [6.07, 6.45) is 10.3. The Kier molecular flexibility index (Phi) is 8.37. The summed E-state index contributed by atoms with van der Waals surface area (Å²) in [5.74, 6) is 0.199. The molecule has 0 spiro atoms. The molecule has 3 aromatic heterocycles. The van der Waals surface area contributed by atoms with Crippen molar-refractivity contribution in [3.8, 4) is 0 Å². The topological polar surface area (TPSA) is 92.3 Å². The fourth-order valence-electron chi connectivity index (χ4n) is 6.66. The number of para-hydroxylation sites is 1. The van der Waals surface area contributed by atoms with Gasteiger partial charge in [-0.2, -0.15) is 0 Å². The highest BCUT2D eigenvalue weighted by atomic mass is 16.2. The van der Waals surface area contributed by atoms with Crippen molar-refractivity contribution in [2.24, 2.45) is 5.73 Å². The van der Waals surface area contributed by atoms with Crippen molar-refractivity contribution in [3.63, 3.8) is 0 Å². The van der Waals surface area contributed by atoms with Crippen LogP contribution >= 0.6 is 0 Å². The molecular weight excluding hydrogens is 498 g/mol. The van der Waals surface area contributed by atoms with Crippen molar-refractivity contribution in [3.05, 3.63) is 71.8 Å². The van der Waals surface area contributed by atoms with E-state index in [4.69, 9.17) is 15.7 Å². The Morgan fingerprint density at radius 1 is 1.00 bits per heavy atom. The number of nitrogens with one attached hydrogen (secondary N) is 1. The van der Waals surface area contributed by atoms with Gasteiger partial charge in [-0.05, 0) is 75.4 Å². The van der Waals surface area contributed by atoms with Crippen LogP contribution in [0.3, 0.4) is 0 Å². The zero-order chi connectivity index (χ0) is 27.3. The molecule has 0 bridgehead atoms. The fraction of sp³-hybridized carbons (Fsp3) is 0.469.